The largest absolute Gasteiger partial charge is 0.346 e. The van der Waals surface area contributed by atoms with E-state index >= 15 is 0 Å². The van der Waals surface area contributed by atoms with Crippen LogP contribution >= 0.6 is 0 Å². The molecule has 1 nitrogen and oxygen atoms in total. The number of rotatable bonds is 5. The van der Waals surface area contributed by atoms with Crippen molar-refractivity contribution in [2.24, 2.45) is 4.90 Å². The van der Waals surface area contributed by atoms with E-state index in [4.69, 9.17) is 4.90 Å². The Morgan fingerprint density at radius 3 is 1.18 bits per heavy atom. The van der Waals surface area contributed by atoms with Crippen LogP contribution < -0.4 is 10.9 Å². The van der Waals surface area contributed by atoms with Gasteiger partial charge in [-0.05, 0) is 63.6 Å². The summed E-state index contributed by atoms with van der Waals surface area (Å²) in [7, 11) is 0. The minimum atomic E-state index is -0.0818. The van der Waals surface area contributed by atoms with Gasteiger partial charge in [0.05, 0.1) is 5.71 Å². The van der Waals surface area contributed by atoms with Gasteiger partial charge in [0.25, 0.3) is 0 Å². The smallest absolute Gasteiger partial charge is 0.328 e. The molecule has 0 unspecified atom stereocenters. The lowest BCUT2D eigenvalue weighted by Crippen LogP contribution is -2.47. The summed E-state index contributed by atoms with van der Waals surface area (Å²) in [5.74, 6) is 0. The molecule has 0 aliphatic rings. The van der Waals surface area contributed by atoms with Gasteiger partial charge in [-0.15, -0.1) is 0 Å². The van der Waals surface area contributed by atoms with E-state index in [0.29, 0.717) is 0 Å². The Hall–Kier alpha value is -3.39. The van der Waals surface area contributed by atoms with Gasteiger partial charge in [0.1, 0.15) is 0 Å². The fourth-order valence-electron chi connectivity index (χ4n) is 5.16. The Labute approximate surface area is 199 Å². The topological polar surface area (TPSA) is 12.4 Å². The van der Waals surface area contributed by atoms with Crippen molar-refractivity contribution < 1.29 is 0 Å². The van der Waals surface area contributed by atoms with Gasteiger partial charge in [0.2, 0.25) is 0 Å². The van der Waals surface area contributed by atoms with Crippen LogP contribution in [-0.2, 0) is 0 Å². The van der Waals surface area contributed by atoms with Crippen molar-refractivity contribution in [2.45, 2.75) is 41.5 Å². The Bertz CT molecular complexity index is 1160. The number of aryl methyl sites for hydroxylation is 6. The van der Waals surface area contributed by atoms with Crippen molar-refractivity contribution in [3.05, 3.63) is 129 Å². The molecule has 0 spiro atoms. The van der Waals surface area contributed by atoms with E-state index in [1.165, 1.54) is 44.3 Å². The van der Waals surface area contributed by atoms with Gasteiger partial charge in [0, 0.05) is 0 Å². The minimum Gasteiger partial charge on any atom is -0.328 e. The van der Waals surface area contributed by atoms with Gasteiger partial charge < -0.3 is 4.90 Å². The summed E-state index contributed by atoms with van der Waals surface area (Å²) in [4.78, 5) is 5.58. The van der Waals surface area contributed by atoms with Crippen LogP contribution in [0.5, 0.6) is 0 Å². The molecular formula is C31H32BN. The quantitative estimate of drug-likeness (QED) is 0.265. The highest BCUT2D eigenvalue weighted by atomic mass is 14.7. The van der Waals surface area contributed by atoms with Gasteiger partial charge >= 0.3 is 6.85 Å². The van der Waals surface area contributed by atoms with Crippen LogP contribution in [0.3, 0.4) is 0 Å². The van der Waals surface area contributed by atoms with Crippen molar-refractivity contribution in [2.75, 3.05) is 0 Å². The molecule has 33 heavy (non-hydrogen) atoms. The second-order valence-corrected chi connectivity index (χ2v) is 9.24. The van der Waals surface area contributed by atoms with Crippen LogP contribution in [-0.4, -0.2) is 12.6 Å². The first kappa shape index (κ1) is 22.8. The van der Waals surface area contributed by atoms with Crippen molar-refractivity contribution in [3.8, 4) is 0 Å². The summed E-state index contributed by atoms with van der Waals surface area (Å²) >= 11 is 0. The van der Waals surface area contributed by atoms with E-state index in [-0.39, 0.29) is 6.85 Å². The monoisotopic (exact) mass is 429 g/mol. The third-order valence-electron chi connectivity index (χ3n) is 6.38. The standard InChI is InChI=1S/C31H32BN/c1-21-17-23(3)29(24(4)18-21)32(30-25(5)19-22(2)20-26(30)6)33-31(27-13-9-7-10-14-27)28-15-11-8-12-16-28/h7-20H,1-6H3. The molecule has 0 radical (unpaired) electrons. The lowest BCUT2D eigenvalue weighted by Gasteiger charge is -2.22. The highest BCUT2D eigenvalue weighted by molar-refractivity contribution is 6.86. The van der Waals surface area contributed by atoms with E-state index in [2.05, 4.69) is 126 Å². The molecule has 0 amide bonds. The summed E-state index contributed by atoms with van der Waals surface area (Å²) in [6.45, 7) is 13.2. The van der Waals surface area contributed by atoms with Gasteiger partial charge in [-0.1, -0.05) is 118 Å². The highest BCUT2D eigenvalue weighted by Gasteiger charge is 2.28. The molecule has 0 fully saturated rings. The molecule has 0 saturated carbocycles. The average molecular weight is 429 g/mol. The number of nitrogens with zero attached hydrogens (tertiary/aromatic N) is 1. The first-order valence-corrected chi connectivity index (χ1v) is 11.7. The molecule has 2 heteroatoms. The first-order chi connectivity index (χ1) is 15.8. The average Bonchev–Trinajstić information content (AvgIpc) is 2.77. The van der Waals surface area contributed by atoms with Crippen molar-refractivity contribution in [1.29, 1.82) is 0 Å². The molecule has 0 aliphatic heterocycles. The maximum atomic E-state index is 5.58. The summed E-state index contributed by atoms with van der Waals surface area (Å²) < 4.78 is 0. The second kappa shape index (κ2) is 9.62. The van der Waals surface area contributed by atoms with E-state index in [0.717, 1.165) is 16.8 Å². The van der Waals surface area contributed by atoms with Crippen molar-refractivity contribution >= 4 is 23.5 Å². The van der Waals surface area contributed by atoms with Crippen LogP contribution in [0.25, 0.3) is 0 Å². The Morgan fingerprint density at radius 2 is 0.848 bits per heavy atom. The molecule has 4 aromatic carbocycles. The van der Waals surface area contributed by atoms with Crippen LogP contribution in [0.1, 0.15) is 44.5 Å². The van der Waals surface area contributed by atoms with Crippen LogP contribution in [0, 0.1) is 41.5 Å². The lowest BCUT2D eigenvalue weighted by molar-refractivity contribution is 1.33. The maximum absolute atomic E-state index is 5.58. The predicted molar refractivity (Wildman–Crippen MR) is 145 cm³/mol. The van der Waals surface area contributed by atoms with Crippen LogP contribution in [0.15, 0.2) is 89.8 Å². The van der Waals surface area contributed by atoms with Gasteiger partial charge in [-0.3, -0.25) is 0 Å². The summed E-state index contributed by atoms with van der Waals surface area (Å²) in [5, 5.41) is 0. The normalized spacial score (nSPS) is 10.7. The SMILES string of the molecule is Cc1cc(C)c(B(N=C(c2ccccc2)c2ccccc2)c2c(C)cc(C)cc2C)c(C)c1. The molecule has 0 N–H and O–H groups in total. The molecule has 0 heterocycles. The molecular weight excluding hydrogens is 397 g/mol. The predicted octanol–water partition coefficient (Wildman–Crippen LogP) is 6.18. The Kier molecular flexibility index (Phi) is 6.65. The van der Waals surface area contributed by atoms with Crippen molar-refractivity contribution in [3.63, 3.8) is 0 Å². The molecule has 0 bridgehead atoms. The Balaban J connectivity index is 2.06. The zero-order valence-corrected chi connectivity index (χ0v) is 20.6. The summed E-state index contributed by atoms with van der Waals surface area (Å²) in [5.41, 5.74) is 13.7. The molecule has 4 rings (SSSR count). The van der Waals surface area contributed by atoms with E-state index in [1.54, 1.807) is 0 Å². The third kappa shape index (κ3) is 4.85. The van der Waals surface area contributed by atoms with Crippen LogP contribution in [0.2, 0.25) is 0 Å². The third-order valence-corrected chi connectivity index (χ3v) is 6.38. The van der Waals surface area contributed by atoms with Crippen LogP contribution in [0.4, 0.5) is 0 Å². The number of hydrogen-bond acceptors (Lipinski definition) is 1. The second-order valence-electron chi connectivity index (χ2n) is 9.24. The number of benzene rings is 4. The Morgan fingerprint density at radius 1 is 0.515 bits per heavy atom. The molecule has 164 valence electrons. The molecule has 0 atom stereocenters. The van der Waals surface area contributed by atoms with Crippen molar-refractivity contribution in [1.82, 2.24) is 0 Å². The molecule has 0 saturated heterocycles. The molecule has 4 aromatic rings. The zero-order valence-electron chi connectivity index (χ0n) is 20.6. The summed E-state index contributed by atoms with van der Waals surface area (Å²) in [6.07, 6.45) is 0. The molecule has 0 aliphatic carbocycles. The van der Waals surface area contributed by atoms with E-state index in [9.17, 15) is 0 Å². The molecule has 0 aromatic heterocycles. The van der Waals surface area contributed by atoms with E-state index in [1.807, 2.05) is 0 Å². The van der Waals surface area contributed by atoms with E-state index < -0.39 is 0 Å². The highest BCUT2D eigenvalue weighted by Crippen LogP contribution is 2.17. The van der Waals surface area contributed by atoms with Gasteiger partial charge in [-0.25, -0.2) is 0 Å². The fourth-order valence-corrected chi connectivity index (χ4v) is 5.16. The van der Waals surface area contributed by atoms with Gasteiger partial charge in [-0.2, -0.15) is 0 Å². The van der Waals surface area contributed by atoms with Gasteiger partial charge in [0.15, 0.2) is 0 Å². The fraction of sp³-hybridized carbons (Fsp3) is 0.194. The first-order valence-electron chi connectivity index (χ1n) is 11.7. The maximum Gasteiger partial charge on any atom is 0.346 e. The number of hydrogen-bond donors (Lipinski definition) is 0. The lowest BCUT2D eigenvalue weighted by atomic mass is 9.47. The zero-order chi connectivity index (χ0) is 23.5. The minimum absolute atomic E-state index is 0.0818. The summed E-state index contributed by atoms with van der Waals surface area (Å²) in [6, 6.07) is 30.3.